The molecule has 0 aromatic carbocycles. The van der Waals surface area contributed by atoms with Gasteiger partial charge in [-0.05, 0) is 60.5 Å². The third kappa shape index (κ3) is 139. The van der Waals surface area contributed by atoms with Crippen molar-refractivity contribution in [1.29, 1.82) is 0 Å². The number of hydrogen-bond donors (Lipinski definition) is 16. The minimum Gasteiger partial charge on any atom is -0.369 e. The van der Waals surface area contributed by atoms with Gasteiger partial charge in [0.15, 0.2) is 0 Å². The Morgan fingerprint density at radius 2 is 0.713 bits per heavy atom. The van der Waals surface area contributed by atoms with E-state index in [2.05, 4.69) is 322 Å². The van der Waals surface area contributed by atoms with Crippen molar-refractivity contribution in [2.45, 2.75) is 217 Å². The molecule has 0 bridgehead atoms. The Morgan fingerprint density at radius 1 is 0.368 bits per heavy atom. The first kappa shape index (κ1) is 115. The van der Waals surface area contributed by atoms with Crippen LogP contribution in [0, 0.1) is 41.4 Å². The van der Waals surface area contributed by atoms with Crippen molar-refractivity contribution in [3.05, 3.63) is 185 Å². The average Bonchev–Trinajstić information content (AvgIpc) is 4.05. The van der Waals surface area contributed by atoms with Crippen LogP contribution in [0.25, 0.3) is 0 Å². The Labute approximate surface area is 544 Å². The van der Waals surface area contributed by atoms with Crippen molar-refractivity contribution in [3.8, 4) is 0 Å². The number of hydrazine groups is 3. The van der Waals surface area contributed by atoms with Crippen LogP contribution in [0.1, 0.15) is 211 Å². The highest BCUT2D eigenvalue weighted by Gasteiger charge is 2.10. The molecule has 518 valence electrons. The molecule has 0 radical (unpaired) electrons. The summed E-state index contributed by atoms with van der Waals surface area (Å²) in [5.41, 5.74) is 17.6. The van der Waals surface area contributed by atoms with Crippen LogP contribution in [0.4, 0.5) is 0 Å². The number of rotatable bonds is 0. The summed E-state index contributed by atoms with van der Waals surface area (Å²) in [6.45, 7) is 92.1. The van der Waals surface area contributed by atoms with Crippen LogP contribution in [0.15, 0.2) is 190 Å². The third-order valence-corrected chi connectivity index (χ3v) is 5.64. The highest BCUT2D eigenvalue weighted by Crippen LogP contribution is 2.07. The van der Waals surface area contributed by atoms with Crippen molar-refractivity contribution in [2.75, 3.05) is 6.54 Å². The molecule has 0 spiro atoms. The van der Waals surface area contributed by atoms with Gasteiger partial charge in [-0.3, -0.25) is 0 Å². The predicted molar refractivity (Wildman–Crippen MR) is 405 cm³/mol. The lowest BCUT2D eigenvalue weighted by Gasteiger charge is -2.26. The molecule has 1 atom stereocenters. The molecular weight excluding hydrogens is 1080 g/mol. The van der Waals surface area contributed by atoms with E-state index in [1.54, 1.807) is 31.1 Å². The fourth-order valence-electron chi connectivity index (χ4n) is 3.58. The van der Waals surface area contributed by atoms with Crippen molar-refractivity contribution >= 4 is 6.34 Å². The SMILES string of the molecule is C.C.C.C.C.C.C.C=C1C=CNC(=C)N1.C=C1C=CNN1.C=C1CC(C)NC(=C)N1.C=C1CNNN1.C=C1N=CNC(=C)N1.C=C1NC(=C)NC(=C)N1.C=C1NC=CN1.CC(C)C.CC(C)C.CC(C)C.CC(C)C.CC(C)C.CC(C)C.CC(C)C. The van der Waals surface area contributed by atoms with E-state index < -0.39 is 0 Å². The van der Waals surface area contributed by atoms with Crippen LogP contribution in [-0.4, -0.2) is 18.9 Å². The van der Waals surface area contributed by atoms with E-state index in [0.717, 1.165) is 94.6 Å². The fraction of sp³-hybridized carbons (Fsp3) is 0.557. The quantitative estimate of drug-likeness (QED) is 0.109. The summed E-state index contributed by atoms with van der Waals surface area (Å²) in [4.78, 5) is 3.78. The molecule has 16 N–H and O–H groups in total. The molecule has 3 fully saturated rings. The van der Waals surface area contributed by atoms with Crippen molar-refractivity contribution < 1.29 is 0 Å². The molecule has 3 saturated heterocycles. The van der Waals surface area contributed by atoms with E-state index >= 15 is 0 Å². The van der Waals surface area contributed by atoms with Crippen LogP contribution < -0.4 is 85.7 Å². The number of aliphatic imine (C=N–C) groups is 1. The van der Waals surface area contributed by atoms with Gasteiger partial charge in [-0.1, -0.05) is 276 Å². The van der Waals surface area contributed by atoms with Gasteiger partial charge in [0.1, 0.15) is 29.1 Å². The highest BCUT2D eigenvalue weighted by molar-refractivity contribution is 5.60. The number of allylic oxidation sites excluding steroid dienone is 2. The van der Waals surface area contributed by atoms with Gasteiger partial charge >= 0.3 is 0 Å². The summed E-state index contributed by atoms with van der Waals surface area (Å²) in [5.74, 6) is 11.7. The fourth-order valence-corrected chi connectivity index (χ4v) is 3.58. The number of nitrogens with one attached hydrogen (secondary N) is 16. The molecule has 87 heavy (non-hydrogen) atoms. The molecule has 7 heterocycles. The van der Waals surface area contributed by atoms with Gasteiger partial charge in [0.2, 0.25) is 0 Å². The number of nitrogens with zero attached hydrogens (tertiary/aromatic N) is 1. The van der Waals surface area contributed by atoms with E-state index in [4.69, 9.17) is 0 Å². The average molecular weight is 1230 g/mol. The first-order valence-electron chi connectivity index (χ1n) is 27.7. The highest BCUT2D eigenvalue weighted by atomic mass is 15.6. The van der Waals surface area contributed by atoms with Gasteiger partial charge in [0.05, 0.1) is 30.3 Å². The molecule has 7 rings (SSSR count). The Hall–Kier alpha value is -7.11. The van der Waals surface area contributed by atoms with Crippen LogP contribution in [-0.2, 0) is 0 Å². The summed E-state index contributed by atoms with van der Waals surface area (Å²) in [5, 5.41) is 31.6. The molecular formula is C70H153N17. The lowest BCUT2D eigenvalue weighted by molar-refractivity contribution is 0.525. The molecule has 0 aromatic rings. The third-order valence-electron chi connectivity index (χ3n) is 5.64. The molecule has 0 aromatic heterocycles. The molecule has 7 aliphatic heterocycles. The maximum Gasteiger partial charge on any atom is 0.125 e. The van der Waals surface area contributed by atoms with Crippen LogP contribution in [0.2, 0.25) is 0 Å². The number of hydrogen-bond acceptors (Lipinski definition) is 17. The predicted octanol–water partition coefficient (Wildman–Crippen LogP) is 17.4. The Morgan fingerprint density at radius 3 is 0.885 bits per heavy atom. The second-order valence-corrected chi connectivity index (χ2v) is 22.9. The van der Waals surface area contributed by atoms with Gasteiger partial charge in [0, 0.05) is 60.1 Å². The molecule has 7 aliphatic rings. The molecule has 1 unspecified atom stereocenters. The Bertz CT molecular complexity index is 1680. The first-order valence-corrected chi connectivity index (χ1v) is 27.7. The van der Waals surface area contributed by atoms with Gasteiger partial charge in [-0.25, -0.2) is 10.4 Å². The largest absolute Gasteiger partial charge is 0.369 e. The van der Waals surface area contributed by atoms with Crippen LogP contribution >= 0.6 is 0 Å². The topological polar surface area (TPSA) is 205 Å². The van der Waals surface area contributed by atoms with Crippen molar-refractivity contribution in [1.82, 2.24) is 85.7 Å². The van der Waals surface area contributed by atoms with E-state index in [1.165, 1.54) is 0 Å². The maximum atomic E-state index is 3.80. The van der Waals surface area contributed by atoms with Gasteiger partial charge in [-0.15, -0.1) is 0 Å². The first-order chi connectivity index (χ1) is 36.7. The molecule has 0 saturated carbocycles. The van der Waals surface area contributed by atoms with Crippen molar-refractivity contribution in [2.24, 2.45) is 46.4 Å². The smallest absolute Gasteiger partial charge is 0.125 e. The molecule has 0 aliphatic carbocycles. The lowest BCUT2D eigenvalue weighted by atomic mass is 10.1. The van der Waals surface area contributed by atoms with Gasteiger partial charge < -0.3 is 74.8 Å². The normalized spacial score (nSPS) is 14.6. The molecule has 0 amide bonds. The van der Waals surface area contributed by atoms with Gasteiger partial charge in [-0.2, -0.15) is 5.53 Å². The Kier molecular flexibility index (Phi) is 101. The van der Waals surface area contributed by atoms with Crippen LogP contribution in [0.3, 0.4) is 0 Å². The minimum atomic E-state index is 0. The van der Waals surface area contributed by atoms with Crippen molar-refractivity contribution in [3.63, 3.8) is 0 Å². The monoisotopic (exact) mass is 1230 g/mol. The van der Waals surface area contributed by atoms with E-state index in [1.807, 2.05) is 12.2 Å². The zero-order chi connectivity index (χ0) is 63.9. The summed E-state index contributed by atoms with van der Waals surface area (Å²) in [7, 11) is 0. The van der Waals surface area contributed by atoms with E-state index in [-0.39, 0.29) is 52.0 Å². The molecule has 17 nitrogen and oxygen atoms in total. The summed E-state index contributed by atoms with van der Waals surface area (Å²) in [6.07, 6.45) is 13.4. The summed E-state index contributed by atoms with van der Waals surface area (Å²) < 4.78 is 0. The molecule has 17 heteroatoms. The zero-order valence-corrected chi connectivity index (χ0v) is 55.0. The lowest BCUT2D eigenvalue weighted by Crippen LogP contribution is -2.40. The van der Waals surface area contributed by atoms with E-state index in [0.29, 0.717) is 35.1 Å². The summed E-state index contributed by atoms with van der Waals surface area (Å²) in [6, 6.07) is 0.478. The maximum absolute atomic E-state index is 3.80. The van der Waals surface area contributed by atoms with Gasteiger partial charge in [0.25, 0.3) is 0 Å². The van der Waals surface area contributed by atoms with E-state index in [9.17, 15) is 0 Å². The Balaban J connectivity index is -0.0000000553. The second kappa shape index (κ2) is 76.9. The standard InChI is InChI=1S/C7H12N2.C6H9N3.C6H8N2.C5H7N3.2C4H6N2.7C4H10.C3H7N3.7CH4/c1-5-4-6(2)9-7(3)8-5;1-4-7-5(2)9-6(3)8-4;1-5-3-4-7-6(2)8-5;1-4-6-3-7-5(2)8-4;1-4-5-2-3-6-4;1-4-2-3-5-6-4;7*1-4(2)3;1-3-2-4-6-5-3;;;;;;;/h6,8-9H,1,3-4H2,2H3;7-9H,1-3H2;3-4,7-8H,1-2H2;3,8H,1-2H2,(H,6,7);2*2-3,5-6H,1H2;7*4H,1-3H3;4-6H,1-2H2;7*1H4. The minimum absolute atomic E-state index is 0. The zero-order valence-electron chi connectivity index (χ0n) is 55.0. The van der Waals surface area contributed by atoms with Crippen LogP contribution in [0.5, 0.6) is 0 Å². The second-order valence-electron chi connectivity index (χ2n) is 22.9. The summed E-state index contributed by atoms with van der Waals surface area (Å²) >= 11 is 0.